The largest absolute Gasteiger partial charge is 0.370 e. The first-order valence-electron chi connectivity index (χ1n) is 7.16. The summed E-state index contributed by atoms with van der Waals surface area (Å²) in [5, 5.41) is 5.75. The topological polar surface area (TPSA) is 79.5 Å². The molecule has 0 heterocycles. The molecule has 6 heteroatoms. The van der Waals surface area contributed by atoms with Gasteiger partial charge in [-0.15, -0.1) is 24.0 Å². The molecule has 5 nitrogen and oxygen atoms in total. The molecule has 0 aliphatic rings. The van der Waals surface area contributed by atoms with Crippen LogP contribution in [0, 0.1) is 0 Å². The van der Waals surface area contributed by atoms with E-state index < -0.39 is 0 Å². The van der Waals surface area contributed by atoms with Crippen LogP contribution in [0.25, 0.3) is 0 Å². The molecule has 122 valence electrons. The fourth-order valence-electron chi connectivity index (χ4n) is 1.91. The average Bonchev–Trinajstić information content (AvgIpc) is 2.55. The monoisotopic (exact) mass is 424 g/mol. The van der Waals surface area contributed by atoms with E-state index in [0.29, 0.717) is 6.54 Å². The standard InChI is InChI=1S/C17H20N4O.HI/c18-17(19-12-11-14-7-3-1-4-8-14)20-13-16(22)21-15-9-5-2-6-10-15;/h1-10H,11-13H2,(H,21,22)(H3,18,19,20);1H. The van der Waals surface area contributed by atoms with Crippen molar-refractivity contribution in [3.05, 3.63) is 66.2 Å². The van der Waals surface area contributed by atoms with E-state index in [1.165, 1.54) is 5.56 Å². The third-order valence-corrected chi connectivity index (χ3v) is 3.01. The highest BCUT2D eigenvalue weighted by Gasteiger charge is 2.01. The maximum absolute atomic E-state index is 11.7. The van der Waals surface area contributed by atoms with Crippen molar-refractivity contribution in [2.75, 3.05) is 18.4 Å². The minimum atomic E-state index is -0.195. The zero-order valence-corrected chi connectivity index (χ0v) is 15.1. The zero-order valence-electron chi connectivity index (χ0n) is 12.7. The zero-order chi connectivity index (χ0) is 15.6. The van der Waals surface area contributed by atoms with Crippen molar-refractivity contribution in [1.29, 1.82) is 0 Å². The highest BCUT2D eigenvalue weighted by Crippen LogP contribution is 2.04. The van der Waals surface area contributed by atoms with Crippen LogP contribution in [-0.4, -0.2) is 25.0 Å². The molecule has 2 aromatic carbocycles. The lowest BCUT2D eigenvalue weighted by Crippen LogP contribution is -2.34. The Kier molecular flexibility index (Phi) is 8.74. The highest BCUT2D eigenvalue weighted by atomic mass is 127. The SMILES string of the molecule is I.NC(=NCC(=O)Nc1ccccc1)NCCc1ccccc1. The lowest BCUT2D eigenvalue weighted by atomic mass is 10.1. The maximum Gasteiger partial charge on any atom is 0.246 e. The fraction of sp³-hybridized carbons (Fsp3) is 0.176. The van der Waals surface area contributed by atoms with Crippen LogP contribution in [-0.2, 0) is 11.2 Å². The number of aliphatic imine (C=N–C) groups is 1. The van der Waals surface area contributed by atoms with Crippen molar-refractivity contribution < 1.29 is 4.79 Å². The Morgan fingerprint density at radius 1 is 1.00 bits per heavy atom. The number of hydrogen-bond acceptors (Lipinski definition) is 2. The van der Waals surface area contributed by atoms with Crippen LogP contribution >= 0.6 is 24.0 Å². The summed E-state index contributed by atoms with van der Waals surface area (Å²) in [6.07, 6.45) is 0.854. The van der Waals surface area contributed by atoms with E-state index in [0.717, 1.165) is 12.1 Å². The molecule has 4 N–H and O–H groups in total. The molecule has 1 amide bonds. The summed E-state index contributed by atoms with van der Waals surface area (Å²) in [6.45, 7) is 0.679. The van der Waals surface area contributed by atoms with Crippen LogP contribution in [0.4, 0.5) is 5.69 Å². The molecule has 2 aromatic rings. The van der Waals surface area contributed by atoms with Gasteiger partial charge in [0.25, 0.3) is 0 Å². The predicted octanol–water partition coefficient (Wildman–Crippen LogP) is 2.39. The molecule has 23 heavy (non-hydrogen) atoms. The Balaban J connectivity index is 0.00000264. The summed E-state index contributed by atoms with van der Waals surface area (Å²) < 4.78 is 0. The number of para-hydroxylation sites is 1. The second-order valence-electron chi connectivity index (χ2n) is 4.78. The maximum atomic E-state index is 11.7. The molecule has 0 bridgehead atoms. The number of carbonyl (C=O) groups excluding carboxylic acids is 1. The van der Waals surface area contributed by atoms with E-state index in [-0.39, 0.29) is 42.4 Å². The number of amides is 1. The molecule has 0 aliphatic carbocycles. The van der Waals surface area contributed by atoms with Crippen LogP contribution in [0.3, 0.4) is 0 Å². The van der Waals surface area contributed by atoms with Gasteiger partial charge in [0.2, 0.25) is 5.91 Å². The van der Waals surface area contributed by atoms with E-state index in [2.05, 4.69) is 27.8 Å². The first kappa shape index (κ1) is 19.0. The predicted molar refractivity (Wildman–Crippen MR) is 105 cm³/mol. The summed E-state index contributed by atoms with van der Waals surface area (Å²) in [7, 11) is 0. The number of nitrogens with zero attached hydrogens (tertiary/aromatic N) is 1. The summed E-state index contributed by atoms with van der Waals surface area (Å²) in [4.78, 5) is 15.7. The van der Waals surface area contributed by atoms with Gasteiger partial charge in [-0.1, -0.05) is 48.5 Å². The van der Waals surface area contributed by atoms with Gasteiger partial charge in [0, 0.05) is 12.2 Å². The first-order chi connectivity index (χ1) is 10.7. The Bertz CT molecular complexity index is 617. The van der Waals surface area contributed by atoms with Crippen LogP contribution in [0.5, 0.6) is 0 Å². The molecule has 0 saturated carbocycles. The number of nitrogens with two attached hydrogens (primary N) is 1. The first-order valence-corrected chi connectivity index (χ1v) is 7.16. The van der Waals surface area contributed by atoms with Crippen molar-refractivity contribution in [2.45, 2.75) is 6.42 Å². The average molecular weight is 424 g/mol. The fourth-order valence-corrected chi connectivity index (χ4v) is 1.91. The summed E-state index contributed by atoms with van der Waals surface area (Å²) in [5.41, 5.74) is 7.71. The van der Waals surface area contributed by atoms with Gasteiger partial charge in [-0.3, -0.25) is 4.79 Å². The van der Waals surface area contributed by atoms with Crippen LogP contribution < -0.4 is 16.4 Å². The van der Waals surface area contributed by atoms with Crippen molar-refractivity contribution in [1.82, 2.24) is 5.32 Å². The van der Waals surface area contributed by atoms with Gasteiger partial charge >= 0.3 is 0 Å². The van der Waals surface area contributed by atoms with Crippen molar-refractivity contribution >= 4 is 41.5 Å². The molecule has 0 aliphatic heterocycles. The highest BCUT2D eigenvalue weighted by molar-refractivity contribution is 14.0. The summed E-state index contributed by atoms with van der Waals surface area (Å²) >= 11 is 0. The smallest absolute Gasteiger partial charge is 0.246 e. The molecule has 0 aromatic heterocycles. The number of guanidine groups is 1. The van der Waals surface area contributed by atoms with E-state index in [9.17, 15) is 4.79 Å². The van der Waals surface area contributed by atoms with Gasteiger partial charge in [-0.25, -0.2) is 4.99 Å². The van der Waals surface area contributed by atoms with E-state index in [1.54, 1.807) is 0 Å². The number of anilines is 1. The molecular weight excluding hydrogens is 403 g/mol. The summed E-state index contributed by atoms with van der Waals surface area (Å²) in [6, 6.07) is 19.4. The van der Waals surface area contributed by atoms with E-state index in [1.807, 2.05) is 48.5 Å². The Morgan fingerprint density at radius 2 is 1.61 bits per heavy atom. The lowest BCUT2D eigenvalue weighted by molar-refractivity contribution is -0.114. The Morgan fingerprint density at radius 3 is 2.26 bits per heavy atom. The number of carbonyl (C=O) groups is 1. The van der Waals surface area contributed by atoms with Crippen LogP contribution in [0.1, 0.15) is 5.56 Å². The van der Waals surface area contributed by atoms with E-state index in [4.69, 9.17) is 5.73 Å². The lowest BCUT2D eigenvalue weighted by Gasteiger charge is -2.06. The number of benzene rings is 2. The minimum absolute atomic E-state index is 0. The van der Waals surface area contributed by atoms with Gasteiger partial charge in [0.15, 0.2) is 5.96 Å². The number of halogens is 1. The van der Waals surface area contributed by atoms with Crippen molar-refractivity contribution in [2.24, 2.45) is 10.7 Å². The normalized spacial score (nSPS) is 10.5. The second-order valence-corrected chi connectivity index (χ2v) is 4.78. The molecule has 0 spiro atoms. The molecule has 2 rings (SSSR count). The van der Waals surface area contributed by atoms with Crippen LogP contribution in [0.2, 0.25) is 0 Å². The van der Waals surface area contributed by atoms with Gasteiger partial charge in [-0.05, 0) is 24.1 Å². The molecule has 0 unspecified atom stereocenters. The molecular formula is C17H21IN4O. The number of rotatable bonds is 6. The summed E-state index contributed by atoms with van der Waals surface area (Å²) in [5.74, 6) is 0.0816. The Hall–Kier alpha value is -2.09. The van der Waals surface area contributed by atoms with E-state index >= 15 is 0 Å². The minimum Gasteiger partial charge on any atom is -0.370 e. The molecule has 0 atom stereocenters. The number of hydrogen-bond donors (Lipinski definition) is 3. The molecule has 0 saturated heterocycles. The third-order valence-electron chi connectivity index (χ3n) is 3.01. The van der Waals surface area contributed by atoms with Gasteiger partial charge in [-0.2, -0.15) is 0 Å². The van der Waals surface area contributed by atoms with Gasteiger partial charge in [0.05, 0.1) is 0 Å². The molecule has 0 radical (unpaired) electrons. The second kappa shape index (κ2) is 10.6. The van der Waals surface area contributed by atoms with Crippen molar-refractivity contribution in [3.8, 4) is 0 Å². The third kappa shape index (κ3) is 7.64. The van der Waals surface area contributed by atoms with Gasteiger partial charge in [0.1, 0.15) is 6.54 Å². The van der Waals surface area contributed by atoms with Crippen molar-refractivity contribution in [3.63, 3.8) is 0 Å². The van der Waals surface area contributed by atoms with Crippen LogP contribution in [0.15, 0.2) is 65.7 Å². The quantitative estimate of drug-likeness (QED) is 0.379. The Labute approximate surface area is 153 Å². The van der Waals surface area contributed by atoms with Gasteiger partial charge < -0.3 is 16.4 Å². The molecule has 0 fully saturated rings. The number of nitrogens with one attached hydrogen (secondary N) is 2.